The minimum Gasteiger partial charge on any atom is -0.387 e. The van der Waals surface area contributed by atoms with Crippen LogP contribution < -0.4 is 10.2 Å². The van der Waals surface area contributed by atoms with Crippen LogP contribution in [0.25, 0.3) is 11.5 Å². The van der Waals surface area contributed by atoms with E-state index in [4.69, 9.17) is 0 Å². The van der Waals surface area contributed by atoms with Gasteiger partial charge >= 0.3 is 12.2 Å². The summed E-state index contributed by atoms with van der Waals surface area (Å²) >= 11 is 0. The van der Waals surface area contributed by atoms with Gasteiger partial charge in [0.05, 0.1) is 53.0 Å². The Morgan fingerprint density at radius 1 is 1.18 bits per heavy atom. The van der Waals surface area contributed by atoms with E-state index in [1.54, 1.807) is 0 Å². The van der Waals surface area contributed by atoms with Crippen LogP contribution in [0, 0.1) is 5.95 Å². The van der Waals surface area contributed by atoms with Gasteiger partial charge in [-0.1, -0.05) is 5.21 Å². The molecular formula is C21H17F6N9O2. The summed E-state index contributed by atoms with van der Waals surface area (Å²) in [5.74, 6) is -1.43. The van der Waals surface area contributed by atoms with Gasteiger partial charge in [-0.05, 0) is 19.9 Å². The number of anilines is 2. The second-order valence-corrected chi connectivity index (χ2v) is 8.76. The molecule has 2 N–H and O–H groups in total. The van der Waals surface area contributed by atoms with Crippen molar-refractivity contribution >= 4 is 23.1 Å². The number of halogens is 6. The van der Waals surface area contributed by atoms with E-state index in [0.717, 1.165) is 42.3 Å². The topological polar surface area (TPSA) is 126 Å². The molecule has 17 heteroatoms. The molecule has 5 heterocycles. The van der Waals surface area contributed by atoms with Crippen LogP contribution in [0.5, 0.6) is 0 Å². The summed E-state index contributed by atoms with van der Waals surface area (Å²) in [5, 5.41) is 22.8. The van der Waals surface area contributed by atoms with Crippen molar-refractivity contribution in [1.29, 1.82) is 0 Å². The number of fused-ring (bicyclic) bond motifs is 3. The Morgan fingerprint density at radius 3 is 2.58 bits per heavy atom. The van der Waals surface area contributed by atoms with Gasteiger partial charge in [-0.15, -0.1) is 10.2 Å². The number of nitrogens with one attached hydrogen (secondary N) is 1. The lowest BCUT2D eigenvalue weighted by Gasteiger charge is -2.28. The van der Waals surface area contributed by atoms with Crippen LogP contribution in [0.2, 0.25) is 0 Å². The molecule has 11 nitrogen and oxygen atoms in total. The molecule has 0 fully saturated rings. The number of aliphatic hydroxyl groups excluding tert-OH is 1. The van der Waals surface area contributed by atoms with Gasteiger partial charge in [0.2, 0.25) is 5.95 Å². The summed E-state index contributed by atoms with van der Waals surface area (Å²) in [5.41, 5.74) is -4.51. The number of pyridine rings is 1. The van der Waals surface area contributed by atoms with E-state index in [-0.39, 0.29) is 28.5 Å². The fraction of sp³-hybridized carbons (Fsp3) is 0.333. The van der Waals surface area contributed by atoms with E-state index < -0.39 is 53.9 Å². The molecule has 0 aliphatic carbocycles. The van der Waals surface area contributed by atoms with E-state index in [1.807, 2.05) is 0 Å². The maximum atomic E-state index is 14.2. The highest BCUT2D eigenvalue weighted by Gasteiger charge is 2.60. The molecule has 4 aromatic heterocycles. The molecular weight excluding hydrogens is 524 g/mol. The smallest absolute Gasteiger partial charge is 0.387 e. The first kappa shape index (κ1) is 25.4. The molecule has 0 bridgehead atoms. The molecule has 38 heavy (non-hydrogen) atoms. The van der Waals surface area contributed by atoms with Crippen molar-refractivity contribution in [3.63, 3.8) is 0 Å². The number of rotatable bonds is 4. The van der Waals surface area contributed by atoms with E-state index in [2.05, 4.69) is 30.7 Å². The van der Waals surface area contributed by atoms with E-state index in [9.17, 15) is 36.2 Å². The first-order chi connectivity index (χ1) is 17.8. The number of aliphatic hydroxyl groups is 1. The number of carbonyl (C=O) groups excluding carboxylic acids is 1. The summed E-state index contributed by atoms with van der Waals surface area (Å²) in [6, 6.07) is 0.618. The van der Waals surface area contributed by atoms with E-state index in [1.165, 1.54) is 6.92 Å². The summed E-state index contributed by atoms with van der Waals surface area (Å²) in [6.45, 7) is 1.29. The SMILES string of the molecule is CC(O)c1cnnn1-c1ncc(NC(=O)N2CC(C)(C(F)(F)F)c3c2cnc2cc(F)nn32)cc1C(F)F. The van der Waals surface area contributed by atoms with Crippen LogP contribution in [-0.2, 0) is 5.41 Å². The van der Waals surface area contributed by atoms with Crippen LogP contribution >= 0.6 is 0 Å². The van der Waals surface area contributed by atoms with Crippen LogP contribution in [0.4, 0.5) is 42.5 Å². The molecule has 0 saturated heterocycles. The molecule has 5 rings (SSSR count). The second-order valence-electron chi connectivity index (χ2n) is 8.76. The van der Waals surface area contributed by atoms with Crippen LogP contribution in [-0.4, -0.2) is 58.4 Å². The van der Waals surface area contributed by atoms with Crippen molar-refractivity contribution in [1.82, 2.24) is 34.6 Å². The van der Waals surface area contributed by atoms with Crippen molar-refractivity contribution < 1.29 is 36.2 Å². The summed E-state index contributed by atoms with van der Waals surface area (Å²) in [4.78, 5) is 21.6. The highest BCUT2D eigenvalue weighted by Crippen LogP contribution is 2.50. The Kier molecular flexibility index (Phi) is 5.77. The highest BCUT2D eigenvalue weighted by atomic mass is 19.4. The Labute approximate surface area is 208 Å². The average Bonchev–Trinajstić information content (AvgIpc) is 3.54. The lowest BCUT2D eigenvalue weighted by Crippen LogP contribution is -2.46. The lowest BCUT2D eigenvalue weighted by atomic mass is 9.88. The number of aromatic nitrogens is 7. The van der Waals surface area contributed by atoms with Gasteiger partial charge < -0.3 is 10.4 Å². The van der Waals surface area contributed by atoms with Crippen LogP contribution in [0.15, 0.2) is 30.7 Å². The molecule has 1 aliphatic heterocycles. The second kappa shape index (κ2) is 8.64. The molecule has 2 atom stereocenters. The Balaban J connectivity index is 1.52. The summed E-state index contributed by atoms with van der Waals surface area (Å²) < 4.78 is 85.7. The maximum absolute atomic E-state index is 14.2. The third-order valence-corrected chi connectivity index (χ3v) is 6.18. The quantitative estimate of drug-likeness (QED) is 0.377. The highest BCUT2D eigenvalue weighted by molar-refractivity contribution is 6.03. The molecule has 200 valence electrons. The molecule has 0 radical (unpaired) electrons. The van der Waals surface area contributed by atoms with Gasteiger partial charge in [-0.3, -0.25) is 4.90 Å². The number of hydrogen-bond donors (Lipinski definition) is 2. The number of urea groups is 1. The summed E-state index contributed by atoms with van der Waals surface area (Å²) in [7, 11) is 0. The zero-order chi connectivity index (χ0) is 27.6. The van der Waals surface area contributed by atoms with Gasteiger partial charge in [0.25, 0.3) is 6.43 Å². The largest absolute Gasteiger partial charge is 0.401 e. The molecule has 0 aromatic carbocycles. The van der Waals surface area contributed by atoms with Crippen LogP contribution in [0.3, 0.4) is 0 Å². The van der Waals surface area contributed by atoms with Crippen molar-refractivity contribution in [3.05, 3.63) is 53.6 Å². The number of amides is 2. The van der Waals surface area contributed by atoms with Gasteiger partial charge in [0.1, 0.15) is 5.41 Å². The minimum absolute atomic E-state index is 0.0742. The first-order valence-electron chi connectivity index (χ1n) is 10.9. The fourth-order valence-electron chi connectivity index (χ4n) is 4.26. The normalized spacial score (nSPS) is 18.3. The Bertz CT molecular complexity index is 1550. The molecule has 0 saturated carbocycles. The number of hydrogen-bond acceptors (Lipinski definition) is 7. The number of nitrogens with zero attached hydrogens (tertiary/aromatic N) is 8. The molecule has 2 amide bonds. The lowest BCUT2D eigenvalue weighted by molar-refractivity contribution is -0.181. The molecule has 4 aromatic rings. The predicted octanol–water partition coefficient (Wildman–Crippen LogP) is 3.71. The maximum Gasteiger partial charge on any atom is 0.401 e. The number of carbonyl (C=O) groups is 1. The predicted molar refractivity (Wildman–Crippen MR) is 117 cm³/mol. The van der Waals surface area contributed by atoms with Crippen molar-refractivity contribution in [2.24, 2.45) is 0 Å². The summed E-state index contributed by atoms with van der Waals surface area (Å²) in [6.07, 6.45) is -5.95. The van der Waals surface area contributed by atoms with Gasteiger partial charge in [0, 0.05) is 12.6 Å². The monoisotopic (exact) mass is 541 g/mol. The van der Waals surface area contributed by atoms with E-state index >= 15 is 0 Å². The van der Waals surface area contributed by atoms with Gasteiger partial charge in [-0.2, -0.15) is 22.2 Å². The zero-order valence-corrected chi connectivity index (χ0v) is 19.4. The average molecular weight is 541 g/mol. The van der Waals surface area contributed by atoms with Gasteiger partial charge in [-0.25, -0.2) is 28.1 Å². The van der Waals surface area contributed by atoms with E-state index in [0.29, 0.717) is 9.42 Å². The standard InChI is InChI=1S/C21H17F6N9O2/c1-9(37)12-7-30-33-35(12)18-11(17(23)24)3-10(5-29-18)31-19(38)34-8-20(2,21(25,26)27)16-13(34)6-28-15-4-14(22)32-36(15)16/h3-7,9,17,37H,8H2,1-2H3,(H,31,38). The van der Waals surface area contributed by atoms with Crippen molar-refractivity contribution in [2.45, 2.75) is 38.0 Å². The minimum atomic E-state index is -4.88. The van der Waals surface area contributed by atoms with Crippen LogP contribution in [0.1, 0.15) is 43.3 Å². The third-order valence-electron chi connectivity index (χ3n) is 6.18. The fourth-order valence-corrected chi connectivity index (χ4v) is 4.26. The molecule has 0 spiro atoms. The molecule has 1 aliphatic rings. The number of alkyl halides is 5. The molecule has 2 unspecified atom stereocenters. The zero-order valence-electron chi connectivity index (χ0n) is 19.4. The Morgan fingerprint density at radius 2 is 1.92 bits per heavy atom. The Hall–Kier alpha value is -4.28. The third kappa shape index (κ3) is 3.89. The van der Waals surface area contributed by atoms with Crippen molar-refractivity contribution in [2.75, 3.05) is 16.8 Å². The van der Waals surface area contributed by atoms with Crippen molar-refractivity contribution in [3.8, 4) is 5.82 Å². The first-order valence-corrected chi connectivity index (χ1v) is 10.9. The van der Waals surface area contributed by atoms with Gasteiger partial charge in [0.15, 0.2) is 11.5 Å².